The molecule has 2 nitrogen and oxygen atoms in total. The van der Waals surface area contributed by atoms with Gasteiger partial charge in [-0.05, 0) is 29.7 Å². The van der Waals surface area contributed by atoms with Gasteiger partial charge in [-0.25, -0.2) is 4.98 Å². The maximum absolute atomic E-state index is 6.01. The van der Waals surface area contributed by atoms with E-state index in [-0.39, 0.29) is 0 Å². The van der Waals surface area contributed by atoms with Crippen LogP contribution in [0.1, 0.15) is 26.0 Å². The Labute approximate surface area is 125 Å². The fraction of sp³-hybridized carbons (Fsp3) is 0.471. The zero-order valence-electron chi connectivity index (χ0n) is 12.1. The number of halogens is 1. The Morgan fingerprint density at radius 2 is 2.05 bits per heavy atom. The van der Waals surface area contributed by atoms with Crippen LogP contribution in [-0.2, 0) is 5.88 Å². The Balaban J connectivity index is 2.05. The average Bonchev–Trinajstić information content (AvgIpc) is 2.49. The molecule has 1 aliphatic rings. The van der Waals surface area contributed by atoms with Gasteiger partial charge in [-0.3, -0.25) is 0 Å². The van der Waals surface area contributed by atoms with Crippen molar-refractivity contribution < 1.29 is 0 Å². The molecule has 0 bridgehead atoms. The van der Waals surface area contributed by atoms with Crippen LogP contribution in [-0.4, -0.2) is 18.1 Å². The predicted molar refractivity (Wildman–Crippen MR) is 86.5 cm³/mol. The number of piperidine rings is 1. The van der Waals surface area contributed by atoms with Crippen molar-refractivity contribution in [3.63, 3.8) is 0 Å². The maximum Gasteiger partial charge on any atom is 0.136 e. The molecule has 2 aromatic rings. The molecule has 3 heteroatoms. The SMILES string of the molecule is CC1CCN(c2nc(CCl)cc3ccccc23)CC1C. The van der Waals surface area contributed by atoms with E-state index >= 15 is 0 Å². The zero-order valence-corrected chi connectivity index (χ0v) is 12.9. The molecule has 1 saturated heterocycles. The van der Waals surface area contributed by atoms with Crippen LogP contribution in [0.3, 0.4) is 0 Å². The minimum Gasteiger partial charge on any atom is -0.356 e. The number of pyridine rings is 1. The Morgan fingerprint density at radius 1 is 1.25 bits per heavy atom. The summed E-state index contributed by atoms with van der Waals surface area (Å²) in [5.41, 5.74) is 0.964. The highest BCUT2D eigenvalue weighted by Crippen LogP contribution is 2.31. The minimum absolute atomic E-state index is 0.470. The fourth-order valence-electron chi connectivity index (χ4n) is 3.00. The van der Waals surface area contributed by atoms with Gasteiger partial charge in [0.25, 0.3) is 0 Å². The maximum atomic E-state index is 6.01. The number of alkyl halides is 1. The first-order valence-corrected chi connectivity index (χ1v) is 7.92. The summed E-state index contributed by atoms with van der Waals surface area (Å²) in [6.07, 6.45) is 1.24. The monoisotopic (exact) mass is 288 g/mol. The molecule has 0 aliphatic carbocycles. The molecule has 1 aliphatic heterocycles. The van der Waals surface area contributed by atoms with E-state index in [1.54, 1.807) is 0 Å². The van der Waals surface area contributed by atoms with Crippen molar-refractivity contribution in [3.05, 3.63) is 36.0 Å². The van der Waals surface area contributed by atoms with Gasteiger partial charge in [-0.15, -0.1) is 11.6 Å². The number of fused-ring (bicyclic) bond motifs is 1. The smallest absolute Gasteiger partial charge is 0.136 e. The number of benzene rings is 1. The second-order valence-electron chi connectivity index (χ2n) is 5.98. The lowest BCUT2D eigenvalue weighted by Gasteiger charge is -2.36. The van der Waals surface area contributed by atoms with Crippen LogP contribution in [0.4, 0.5) is 5.82 Å². The van der Waals surface area contributed by atoms with E-state index < -0.39 is 0 Å². The summed E-state index contributed by atoms with van der Waals surface area (Å²) in [4.78, 5) is 7.23. The van der Waals surface area contributed by atoms with Crippen LogP contribution < -0.4 is 4.90 Å². The number of anilines is 1. The zero-order chi connectivity index (χ0) is 14.1. The molecule has 0 spiro atoms. The third-order valence-corrected chi connectivity index (χ3v) is 4.82. The van der Waals surface area contributed by atoms with Crippen LogP contribution in [0.25, 0.3) is 10.8 Å². The van der Waals surface area contributed by atoms with Crippen LogP contribution >= 0.6 is 11.6 Å². The van der Waals surface area contributed by atoms with Crippen LogP contribution in [0.5, 0.6) is 0 Å². The largest absolute Gasteiger partial charge is 0.356 e. The molecule has 3 rings (SSSR count). The van der Waals surface area contributed by atoms with Gasteiger partial charge in [0.1, 0.15) is 5.82 Å². The lowest BCUT2D eigenvalue weighted by Crippen LogP contribution is -2.39. The molecule has 0 amide bonds. The molecule has 2 unspecified atom stereocenters. The highest BCUT2D eigenvalue weighted by Gasteiger charge is 2.24. The van der Waals surface area contributed by atoms with E-state index in [2.05, 4.69) is 49.1 Å². The van der Waals surface area contributed by atoms with E-state index in [9.17, 15) is 0 Å². The first kappa shape index (κ1) is 13.7. The van der Waals surface area contributed by atoms with Crippen molar-refractivity contribution in [1.29, 1.82) is 0 Å². The molecule has 0 N–H and O–H groups in total. The third kappa shape index (κ3) is 2.49. The topological polar surface area (TPSA) is 16.1 Å². The summed E-state index contributed by atoms with van der Waals surface area (Å²) in [7, 11) is 0. The Bertz CT molecular complexity index is 611. The Hall–Kier alpha value is -1.28. The van der Waals surface area contributed by atoms with Gasteiger partial charge in [-0.2, -0.15) is 0 Å². The van der Waals surface area contributed by atoms with Crippen molar-refractivity contribution in [1.82, 2.24) is 4.98 Å². The van der Waals surface area contributed by atoms with Gasteiger partial charge in [-0.1, -0.05) is 38.1 Å². The van der Waals surface area contributed by atoms with Crippen molar-refractivity contribution >= 4 is 28.2 Å². The van der Waals surface area contributed by atoms with Crippen molar-refractivity contribution in [3.8, 4) is 0 Å². The molecule has 20 heavy (non-hydrogen) atoms. The fourth-order valence-corrected chi connectivity index (χ4v) is 3.14. The second-order valence-corrected chi connectivity index (χ2v) is 6.25. The molecule has 106 valence electrons. The standard InChI is InChI=1S/C17H21ClN2/c1-12-7-8-20(11-13(12)2)17-16-6-4-3-5-14(16)9-15(10-18)19-17/h3-6,9,12-13H,7-8,10-11H2,1-2H3. The number of aromatic nitrogens is 1. The predicted octanol–water partition coefficient (Wildman–Crippen LogP) is 4.46. The second kappa shape index (κ2) is 5.61. The Kier molecular flexibility index (Phi) is 3.84. The van der Waals surface area contributed by atoms with Gasteiger partial charge in [0.05, 0.1) is 11.6 Å². The molecule has 1 aromatic heterocycles. The van der Waals surface area contributed by atoms with E-state index in [0.29, 0.717) is 11.8 Å². The molecule has 0 saturated carbocycles. The summed E-state index contributed by atoms with van der Waals surface area (Å²) in [5, 5.41) is 2.47. The van der Waals surface area contributed by atoms with Crippen molar-refractivity contribution in [2.75, 3.05) is 18.0 Å². The van der Waals surface area contributed by atoms with Gasteiger partial charge in [0, 0.05) is 18.5 Å². The highest BCUT2D eigenvalue weighted by molar-refractivity contribution is 6.17. The number of hydrogen-bond acceptors (Lipinski definition) is 2. The van der Waals surface area contributed by atoms with Gasteiger partial charge < -0.3 is 4.90 Å². The Morgan fingerprint density at radius 3 is 2.80 bits per heavy atom. The van der Waals surface area contributed by atoms with Crippen LogP contribution in [0.2, 0.25) is 0 Å². The lowest BCUT2D eigenvalue weighted by atomic mass is 9.88. The molecule has 2 heterocycles. The summed E-state index contributed by atoms with van der Waals surface area (Å²) in [5.74, 6) is 3.09. The minimum atomic E-state index is 0.470. The van der Waals surface area contributed by atoms with Gasteiger partial charge in [0.15, 0.2) is 0 Å². The highest BCUT2D eigenvalue weighted by atomic mass is 35.5. The van der Waals surface area contributed by atoms with Gasteiger partial charge in [0.2, 0.25) is 0 Å². The first-order chi connectivity index (χ1) is 9.69. The summed E-state index contributed by atoms with van der Waals surface area (Å²) < 4.78 is 0. The number of hydrogen-bond donors (Lipinski definition) is 0. The summed E-state index contributed by atoms with van der Waals surface area (Å²) in [6.45, 7) is 6.87. The van der Waals surface area contributed by atoms with Crippen LogP contribution in [0, 0.1) is 11.8 Å². The van der Waals surface area contributed by atoms with E-state index in [4.69, 9.17) is 16.6 Å². The first-order valence-electron chi connectivity index (χ1n) is 7.38. The summed E-state index contributed by atoms with van der Waals surface area (Å²) in [6, 6.07) is 10.6. The molecule has 1 aromatic carbocycles. The average molecular weight is 289 g/mol. The number of nitrogens with zero attached hydrogens (tertiary/aromatic N) is 2. The third-order valence-electron chi connectivity index (χ3n) is 4.54. The van der Waals surface area contributed by atoms with Crippen molar-refractivity contribution in [2.24, 2.45) is 11.8 Å². The molecule has 0 radical (unpaired) electrons. The van der Waals surface area contributed by atoms with Gasteiger partial charge >= 0.3 is 0 Å². The molecular formula is C17H21ClN2. The van der Waals surface area contributed by atoms with E-state index in [1.165, 1.54) is 17.2 Å². The normalized spacial score (nSPS) is 23.2. The van der Waals surface area contributed by atoms with Crippen LogP contribution in [0.15, 0.2) is 30.3 Å². The van der Waals surface area contributed by atoms with Crippen molar-refractivity contribution in [2.45, 2.75) is 26.1 Å². The molecular weight excluding hydrogens is 268 g/mol. The molecule has 1 fully saturated rings. The van der Waals surface area contributed by atoms with E-state index in [1.807, 2.05) is 0 Å². The number of rotatable bonds is 2. The lowest BCUT2D eigenvalue weighted by molar-refractivity contribution is 0.323. The molecule has 2 atom stereocenters. The van der Waals surface area contributed by atoms with E-state index in [0.717, 1.165) is 30.5 Å². The quantitative estimate of drug-likeness (QED) is 0.759. The summed E-state index contributed by atoms with van der Waals surface area (Å²) >= 11 is 6.01.